The maximum absolute atomic E-state index is 10.8. The van der Waals surface area contributed by atoms with Crippen molar-refractivity contribution in [2.75, 3.05) is 13.7 Å². The highest BCUT2D eigenvalue weighted by molar-refractivity contribution is 7.19. The number of benzene rings is 2. The molecule has 0 amide bonds. The molecule has 0 fully saturated rings. The van der Waals surface area contributed by atoms with Crippen molar-refractivity contribution in [2.24, 2.45) is 0 Å². The third-order valence-corrected chi connectivity index (χ3v) is 4.51. The van der Waals surface area contributed by atoms with E-state index in [1.807, 2.05) is 37.3 Å². The maximum Gasteiger partial charge on any atom is 0.271 e. The first-order chi connectivity index (χ1) is 12.1. The van der Waals surface area contributed by atoms with Crippen LogP contribution >= 0.6 is 11.3 Å². The molecule has 128 valence electrons. The fourth-order valence-corrected chi connectivity index (χ4v) is 3.20. The van der Waals surface area contributed by atoms with Crippen molar-refractivity contribution in [2.45, 2.75) is 6.92 Å². The normalized spacial score (nSPS) is 11.1. The first kappa shape index (κ1) is 16.9. The molecule has 0 N–H and O–H groups in total. The maximum atomic E-state index is 10.8. The number of aromatic nitrogens is 1. The van der Waals surface area contributed by atoms with Gasteiger partial charge in [-0.15, -0.1) is 11.3 Å². The first-order valence-electron chi connectivity index (χ1n) is 7.64. The molecule has 1 heterocycles. The second-order valence-electron chi connectivity index (χ2n) is 5.14. The van der Waals surface area contributed by atoms with Crippen LogP contribution in [0.2, 0.25) is 0 Å². The molecule has 0 saturated carbocycles. The van der Waals surface area contributed by atoms with E-state index < -0.39 is 4.92 Å². The number of hydrogen-bond acceptors (Lipinski definition) is 6. The number of methoxy groups -OCH3 is 1. The van der Waals surface area contributed by atoms with Gasteiger partial charge < -0.3 is 9.47 Å². The van der Waals surface area contributed by atoms with E-state index >= 15 is 0 Å². The van der Waals surface area contributed by atoms with Crippen molar-refractivity contribution in [1.82, 2.24) is 4.98 Å². The van der Waals surface area contributed by atoms with Crippen LogP contribution < -0.4 is 9.47 Å². The molecule has 0 aliphatic rings. The number of nitro groups is 1. The fourth-order valence-electron chi connectivity index (χ4n) is 2.35. The first-order valence-corrected chi connectivity index (χ1v) is 8.46. The van der Waals surface area contributed by atoms with E-state index in [9.17, 15) is 10.1 Å². The van der Waals surface area contributed by atoms with E-state index in [0.29, 0.717) is 23.6 Å². The predicted octanol–water partition coefficient (Wildman–Crippen LogP) is 4.78. The molecule has 0 aliphatic heterocycles. The second kappa shape index (κ2) is 7.31. The lowest BCUT2D eigenvalue weighted by Gasteiger charge is -2.09. The molecular formula is C18H16N2O4S. The summed E-state index contributed by atoms with van der Waals surface area (Å²) >= 11 is 1.48. The molecule has 0 aliphatic carbocycles. The zero-order valence-electron chi connectivity index (χ0n) is 13.8. The summed E-state index contributed by atoms with van der Waals surface area (Å²) in [6.07, 6.45) is 3.81. The van der Waals surface area contributed by atoms with Crippen molar-refractivity contribution in [3.8, 4) is 11.5 Å². The Kier molecular flexibility index (Phi) is 4.95. The van der Waals surface area contributed by atoms with E-state index in [1.54, 1.807) is 13.2 Å². The van der Waals surface area contributed by atoms with Gasteiger partial charge in [0.25, 0.3) is 5.69 Å². The lowest BCUT2D eigenvalue weighted by atomic mass is 10.2. The minimum absolute atomic E-state index is 0.0461. The van der Waals surface area contributed by atoms with Gasteiger partial charge in [0.05, 0.1) is 28.9 Å². The quantitative estimate of drug-likeness (QED) is 0.469. The molecule has 0 unspecified atom stereocenters. The van der Waals surface area contributed by atoms with Gasteiger partial charge in [-0.05, 0) is 36.8 Å². The van der Waals surface area contributed by atoms with Crippen LogP contribution in [0.15, 0.2) is 36.4 Å². The van der Waals surface area contributed by atoms with Crippen LogP contribution in [-0.2, 0) is 0 Å². The Morgan fingerprint density at radius 3 is 2.76 bits per heavy atom. The molecule has 25 heavy (non-hydrogen) atoms. The molecule has 2 aromatic carbocycles. The number of thiazole rings is 1. The van der Waals surface area contributed by atoms with Gasteiger partial charge in [0.2, 0.25) is 0 Å². The van der Waals surface area contributed by atoms with E-state index in [1.165, 1.54) is 23.5 Å². The summed E-state index contributed by atoms with van der Waals surface area (Å²) in [4.78, 5) is 14.9. The third-order valence-electron chi connectivity index (χ3n) is 3.50. The summed E-state index contributed by atoms with van der Waals surface area (Å²) in [6.45, 7) is 2.47. The molecule has 1 aromatic heterocycles. The minimum Gasteiger partial charge on any atom is -0.493 e. The highest BCUT2D eigenvalue weighted by Crippen LogP contribution is 2.30. The average molecular weight is 356 g/mol. The number of nitro benzene ring substituents is 1. The van der Waals surface area contributed by atoms with Gasteiger partial charge in [0, 0.05) is 12.1 Å². The Hall–Kier alpha value is -2.93. The monoisotopic (exact) mass is 356 g/mol. The Balaban J connectivity index is 1.87. The second-order valence-corrected chi connectivity index (χ2v) is 6.20. The minimum atomic E-state index is -0.416. The zero-order chi connectivity index (χ0) is 17.8. The average Bonchev–Trinajstić information content (AvgIpc) is 3.02. The Morgan fingerprint density at radius 2 is 2.04 bits per heavy atom. The molecule has 0 spiro atoms. The van der Waals surface area contributed by atoms with Crippen LogP contribution in [0.1, 0.15) is 17.5 Å². The van der Waals surface area contributed by atoms with Gasteiger partial charge in [-0.2, -0.15) is 0 Å². The number of ether oxygens (including phenoxy) is 2. The van der Waals surface area contributed by atoms with E-state index in [2.05, 4.69) is 4.98 Å². The van der Waals surface area contributed by atoms with Crippen molar-refractivity contribution in [1.29, 1.82) is 0 Å². The van der Waals surface area contributed by atoms with Crippen LogP contribution in [0.25, 0.3) is 22.4 Å². The van der Waals surface area contributed by atoms with Gasteiger partial charge in [-0.1, -0.05) is 12.1 Å². The number of non-ortho nitro benzene ring substituents is 1. The van der Waals surface area contributed by atoms with Gasteiger partial charge in [0.1, 0.15) is 5.01 Å². The smallest absolute Gasteiger partial charge is 0.271 e. The Bertz CT molecular complexity index is 949. The molecule has 3 rings (SSSR count). The third kappa shape index (κ3) is 3.77. The summed E-state index contributed by atoms with van der Waals surface area (Å²) < 4.78 is 11.8. The molecule has 6 nitrogen and oxygen atoms in total. The molecule has 0 radical (unpaired) electrons. The summed E-state index contributed by atoms with van der Waals surface area (Å²) in [5, 5.41) is 11.6. The lowest BCUT2D eigenvalue weighted by molar-refractivity contribution is -0.384. The van der Waals surface area contributed by atoms with Crippen LogP contribution in [0.5, 0.6) is 11.5 Å². The molecule has 7 heteroatoms. The summed E-state index contributed by atoms with van der Waals surface area (Å²) in [7, 11) is 1.60. The topological polar surface area (TPSA) is 74.5 Å². The number of hydrogen-bond donors (Lipinski definition) is 0. The summed E-state index contributed by atoms with van der Waals surface area (Å²) in [5.41, 5.74) is 1.63. The molecule has 0 atom stereocenters. The van der Waals surface area contributed by atoms with Gasteiger partial charge in [-0.3, -0.25) is 10.1 Å². The van der Waals surface area contributed by atoms with Crippen molar-refractivity contribution < 1.29 is 14.4 Å². The highest BCUT2D eigenvalue weighted by Gasteiger charge is 2.09. The SMILES string of the molecule is CCOc1cc(/C=C/c2nc3cc([N+](=O)[O-])ccc3s2)ccc1OC. The zero-order valence-corrected chi connectivity index (χ0v) is 14.6. The molecule has 0 bridgehead atoms. The van der Waals surface area contributed by atoms with E-state index in [-0.39, 0.29) is 5.69 Å². The largest absolute Gasteiger partial charge is 0.493 e. The van der Waals surface area contributed by atoms with Crippen molar-refractivity contribution >= 4 is 39.4 Å². The number of fused-ring (bicyclic) bond motifs is 1. The summed E-state index contributed by atoms with van der Waals surface area (Å²) in [6, 6.07) is 10.4. The highest BCUT2D eigenvalue weighted by atomic mass is 32.1. The van der Waals surface area contributed by atoms with Crippen molar-refractivity contribution in [3.63, 3.8) is 0 Å². The predicted molar refractivity (Wildman–Crippen MR) is 99.4 cm³/mol. The molecule has 0 saturated heterocycles. The van der Waals surface area contributed by atoms with E-state index in [0.717, 1.165) is 15.3 Å². The molecular weight excluding hydrogens is 340 g/mol. The fraction of sp³-hybridized carbons (Fsp3) is 0.167. The van der Waals surface area contributed by atoms with Gasteiger partial charge in [0.15, 0.2) is 11.5 Å². The van der Waals surface area contributed by atoms with Gasteiger partial charge >= 0.3 is 0 Å². The Labute approximate surface area is 148 Å². The van der Waals surface area contributed by atoms with Crippen LogP contribution in [0.4, 0.5) is 5.69 Å². The van der Waals surface area contributed by atoms with Crippen LogP contribution in [0, 0.1) is 10.1 Å². The van der Waals surface area contributed by atoms with Crippen molar-refractivity contribution in [3.05, 3.63) is 57.1 Å². The number of nitrogens with zero attached hydrogens (tertiary/aromatic N) is 2. The summed E-state index contributed by atoms with van der Waals surface area (Å²) in [5.74, 6) is 1.37. The molecule has 3 aromatic rings. The van der Waals surface area contributed by atoms with Gasteiger partial charge in [-0.25, -0.2) is 4.98 Å². The van der Waals surface area contributed by atoms with E-state index in [4.69, 9.17) is 9.47 Å². The number of rotatable bonds is 6. The Morgan fingerprint density at radius 1 is 1.20 bits per heavy atom. The lowest BCUT2D eigenvalue weighted by Crippen LogP contribution is -1.95. The van der Waals surface area contributed by atoms with Crippen LogP contribution in [-0.4, -0.2) is 23.6 Å². The van der Waals surface area contributed by atoms with Crippen LogP contribution in [0.3, 0.4) is 0 Å². The standard InChI is InChI=1S/C18H16N2O4S/c1-3-24-16-10-12(4-7-15(16)23-2)5-9-18-19-14-11-13(20(21)22)6-8-17(14)25-18/h4-11H,3H2,1-2H3/b9-5+.